The fraction of sp³-hybridized carbons (Fsp3) is 0.263. The van der Waals surface area contributed by atoms with Crippen LogP contribution in [-0.4, -0.2) is 43.2 Å². The van der Waals surface area contributed by atoms with Crippen molar-refractivity contribution in [2.24, 2.45) is 0 Å². The highest BCUT2D eigenvalue weighted by Crippen LogP contribution is 2.15. The van der Waals surface area contributed by atoms with E-state index in [0.717, 1.165) is 11.3 Å². The van der Waals surface area contributed by atoms with Crippen LogP contribution >= 0.6 is 11.8 Å². The van der Waals surface area contributed by atoms with Crippen LogP contribution in [0, 0.1) is 0 Å². The van der Waals surface area contributed by atoms with Crippen molar-refractivity contribution in [3.8, 4) is 0 Å². The minimum atomic E-state index is -0.231. The van der Waals surface area contributed by atoms with Gasteiger partial charge in [-0.3, -0.25) is 4.79 Å². The number of nitrogens with zero attached hydrogens (tertiary/aromatic N) is 1. The third kappa shape index (κ3) is 6.89. The molecule has 5 nitrogen and oxygen atoms in total. The molecule has 0 aliphatic carbocycles. The van der Waals surface area contributed by atoms with Gasteiger partial charge in [0.25, 0.3) is 0 Å². The van der Waals surface area contributed by atoms with Crippen molar-refractivity contribution in [3.63, 3.8) is 0 Å². The first-order valence-corrected chi connectivity index (χ1v) is 9.05. The Kier molecular flexibility index (Phi) is 7.35. The van der Waals surface area contributed by atoms with Crippen molar-refractivity contribution >= 4 is 29.4 Å². The maximum atomic E-state index is 11.9. The van der Waals surface area contributed by atoms with Gasteiger partial charge in [-0.15, -0.1) is 11.8 Å². The van der Waals surface area contributed by atoms with Crippen molar-refractivity contribution < 1.29 is 9.59 Å². The normalized spacial score (nSPS) is 10.2. The lowest BCUT2D eigenvalue weighted by Crippen LogP contribution is -2.30. The Morgan fingerprint density at radius 2 is 1.68 bits per heavy atom. The summed E-state index contributed by atoms with van der Waals surface area (Å²) in [6, 6.07) is 17.2. The number of urea groups is 1. The molecule has 0 atom stereocenters. The summed E-state index contributed by atoms with van der Waals surface area (Å²) in [7, 11) is 3.47. The maximum Gasteiger partial charge on any atom is 0.319 e. The van der Waals surface area contributed by atoms with E-state index in [9.17, 15) is 9.59 Å². The molecule has 0 heterocycles. The minimum absolute atomic E-state index is 0.0503. The summed E-state index contributed by atoms with van der Waals surface area (Å²) in [5.41, 5.74) is 1.62. The third-order valence-corrected chi connectivity index (χ3v) is 4.48. The fourth-order valence-electron chi connectivity index (χ4n) is 2.06. The molecule has 0 aromatic heterocycles. The van der Waals surface area contributed by atoms with Crippen molar-refractivity contribution in [1.82, 2.24) is 10.2 Å². The molecule has 0 radical (unpaired) electrons. The summed E-state index contributed by atoms with van der Waals surface area (Å²) in [6.07, 6.45) is 0.357. The number of benzene rings is 2. The summed E-state index contributed by atoms with van der Waals surface area (Å²) >= 11 is 1.70. The lowest BCUT2D eigenvalue weighted by molar-refractivity contribution is -0.127. The molecule has 132 valence electrons. The van der Waals surface area contributed by atoms with E-state index in [1.807, 2.05) is 42.5 Å². The fourth-order valence-corrected chi connectivity index (χ4v) is 2.85. The van der Waals surface area contributed by atoms with Gasteiger partial charge in [0.15, 0.2) is 0 Å². The smallest absolute Gasteiger partial charge is 0.319 e. The van der Waals surface area contributed by atoms with Gasteiger partial charge in [-0.2, -0.15) is 0 Å². The molecule has 2 aromatic rings. The topological polar surface area (TPSA) is 61.4 Å². The molecule has 3 amide bonds. The van der Waals surface area contributed by atoms with Crippen LogP contribution in [0.4, 0.5) is 10.5 Å². The van der Waals surface area contributed by atoms with E-state index >= 15 is 0 Å². The summed E-state index contributed by atoms with van der Waals surface area (Å²) in [4.78, 5) is 26.3. The number of hydrogen-bond donors (Lipinski definition) is 2. The average Bonchev–Trinajstić information content (AvgIpc) is 2.61. The molecule has 2 rings (SSSR count). The number of carbonyl (C=O) groups excluding carboxylic acids is 2. The molecule has 2 N–H and O–H groups in total. The van der Waals surface area contributed by atoms with Gasteiger partial charge in [0, 0.05) is 37.0 Å². The van der Waals surface area contributed by atoms with Gasteiger partial charge in [-0.1, -0.05) is 30.3 Å². The molecule has 0 aliphatic heterocycles. The summed E-state index contributed by atoms with van der Waals surface area (Å²) in [5.74, 6) is 0.859. The summed E-state index contributed by atoms with van der Waals surface area (Å²) < 4.78 is 0. The predicted octanol–water partition coefficient (Wildman–Crippen LogP) is 3.23. The van der Waals surface area contributed by atoms with Gasteiger partial charge in [-0.25, -0.2) is 4.79 Å². The largest absolute Gasteiger partial charge is 0.349 e. The van der Waals surface area contributed by atoms with E-state index in [-0.39, 0.29) is 11.9 Å². The maximum absolute atomic E-state index is 11.9. The lowest BCUT2D eigenvalue weighted by atomic mass is 10.1. The Morgan fingerprint density at radius 3 is 2.32 bits per heavy atom. The van der Waals surface area contributed by atoms with Crippen LogP contribution < -0.4 is 10.6 Å². The highest BCUT2D eigenvalue weighted by molar-refractivity contribution is 7.99. The van der Waals surface area contributed by atoms with Crippen LogP contribution in [0.2, 0.25) is 0 Å². The van der Waals surface area contributed by atoms with Crippen molar-refractivity contribution in [1.29, 1.82) is 0 Å². The molecular weight excluding hydrogens is 334 g/mol. The van der Waals surface area contributed by atoms with Gasteiger partial charge in [0.1, 0.15) is 0 Å². The standard InChI is InChI=1S/C19H23N3O2S/c1-22(2)18(23)14-15-8-10-16(11-9-15)21-19(24)20-12-13-25-17-6-4-3-5-7-17/h3-11H,12-14H2,1-2H3,(H2,20,21,24). The quantitative estimate of drug-likeness (QED) is 0.591. The first-order chi connectivity index (χ1) is 12.0. The van der Waals surface area contributed by atoms with Gasteiger partial charge >= 0.3 is 6.03 Å². The molecule has 2 aromatic carbocycles. The van der Waals surface area contributed by atoms with Crippen LogP contribution in [0.5, 0.6) is 0 Å². The van der Waals surface area contributed by atoms with Gasteiger partial charge in [0.2, 0.25) is 5.91 Å². The second kappa shape index (κ2) is 9.74. The number of nitrogens with one attached hydrogen (secondary N) is 2. The molecule has 6 heteroatoms. The molecule has 0 spiro atoms. The number of likely N-dealkylation sites (N-methyl/N-ethyl adjacent to an activating group) is 1. The van der Waals surface area contributed by atoms with E-state index in [1.165, 1.54) is 4.90 Å². The highest BCUT2D eigenvalue weighted by atomic mass is 32.2. The van der Waals surface area contributed by atoms with Crippen LogP contribution in [0.3, 0.4) is 0 Å². The van der Waals surface area contributed by atoms with Crippen molar-refractivity contribution in [2.75, 3.05) is 31.7 Å². The molecular formula is C19H23N3O2S. The molecule has 0 unspecified atom stereocenters. The van der Waals surface area contributed by atoms with Gasteiger partial charge in [0.05, 0.1) is 6.42 Å². The second-order valence-corrected chi connectivity index (χ2v) is 6.87. The number of amides is 3. The number of anilines is 1. The Bertz CT molecular complexity index is 688. The van der Waals surface area contributed by atoms with Crippen LogP contribution in [0.25, 0.3) is 0 Å². The third-order valence-electron chi connectivity index (χ3n) is 3.47. The molecule has 0 aliphatic rings. The van der Waals surface area contributed by atoms with Gasteiger partial charge < -0.3 is 15.5 Å². The Morgan fingerprint density at radius 1 is 1.00 bits per heavy atom. The first-order valence-electron chi connectivity index (χ1n) is 8.06. The minimum Gasteiger partial charge on any atom is -0.349 e. The second-order valence-electron chi connectivity index (χ2n) is 5.70. The van der Waals surface area contributed by atoms with Crippen LogP contribution in [0.1, 0.15) is 5.56 Å². The number of thioether (sulfide) groups is 1. The monoisotopic (exact) mass is 357 g/mol. The zero-order chi connectivity index (χ0) is 18.1. The summed E-state index contributed by atoms with van der Waals surface area (Å²) in [6.45, 7) is 0.584. The SMILES string of the molecule is CN(C)C(=O)Cc1ccc(NC(=O)NCCSc2ccccc2)cc1. The summed E-state index contributed by atoms with van der Waals surface area (Å²) in [5, 5.41) is 5.62. The molecule has 0 fully saturated rings. The Hall–Kier alpha value is -2.47. The lowest BCUT2D eigenvalue weighted by Gasteiger charge is -2.11. The zero-order valence-corrected chi connectivity index (χ0v) is 15.3. The molecule has 25 heavy (non-hydrogen) atoms. The predicted molar refractivity (Wildman–Crippen MR) is 103 cm³/mol. The number of carbonyl (C=O) groups is 2. The van der Waals surface area contributed by atoms with Crippen LogP contribution in [0.15, 0.2) is 59.5 Å². The van der Waals surface area contributed by atoms with E-state index in [4.69, 9.17) is 0 Å². The Balaban J connectivity index is 1.70. The van der Waals surface area contributed by atoms with Crippen molar-refractivity contribution in [3.05, 3.63) is 60.2 Å². The number of rotatable bonds is 7. The average molecular weight is 357 g/mol. The van der Waals surface area contributed by atoms with Crippen LogP contribution in [-0.2, 0) is 11.2 Å². The molecule has 0 saturated carbocycles. The zero-order valence-electron chi connectivity index (χ0n) is 14.5. The van der Waals surface area contributed by atoms with Gasteiger partial charge in [-0.05, 0) is 29.8 Å². The van der Waals surface area contributed by atoms with E-state index < -0.39 is 0 Å². The first kappa shape index (κ1) is 18.9. The van der Waals surface area contributed by atoms with E-state index in [0.29, 0.717) is 18.7 Å². The van der Waals surface area contributed by atoms with E-state index in [1.54, 1.807) is 42.9 Å². The van der Waals surface area contributed by atoms with E-state index in [2.05, 4.69) is 10.6 Å². The highest BCUT2D eigenvalue weighted by Gasteiger charge is 2.06. The Labute approximate surface area is 152 Å². The molecule has 0 bridgehead atoms. The van der Waals surface area contributed by atoms with Crippen molar-refractivity contribution in [2.45, 2.75) is 11.3 Å². The number of hydrogen-bond acceptors (Lipinski definition) is 3. The molecule has 0 saturated heterocycles.